The molecular weight excluding hydrogens is 231 g/mol. The first-order valence-corrected chi connectivity index (χ1v) is 4.84. The van der Waals surface area contributed by atoms with Crippen molar-refractivity contribution in [2.24, 2.45) is 5.73 Å². The van der Waals surface area contributed by atoms with Gasteiger partial charge in [0.1, 0.15) is 0 Å². The summed E-state index contributed by atoms with van der Waals surface area (Å²) in [6.07, 6.45) is 0. The van der Waals surface area contributed by atoms with Crippen molar-refractivity contribution in [3.63, 3.8) is 0 Å². The summed E-state index contributed by atoms with van der Waals surface area (Å²) in [6, 6.07) is 4.33. The molecule has 0 aromatic heterocycles. The lowest BCUT2D eigenvalue weighted by molar-refractivity contribution is 0.254. The van der Waals surface area contributed by atoms with E-state index in [0.29, 0.717) is 14.9 Å². The largest absolute Gasteiger partial charge is 0.351 e. The molecule has 0 unspecified atom stereocenters. The number of carbonyl (C=O) groups is 1. The average Bonchev–Trinajstić information content (AvgIpc) is 2.06. The molecule has 70 valence electrons. The number of rotatable bonds is 2. The fourth-order valence-electron chi connectivity index (χ4n) is 0.661. The van der Waals surface area contributed by atoms with E-state index in [1.165, 1.54) is 0 Å². The van der Waals surface area contributed by atoms with Crippen LogP contribution in [0.3, 0.4) is 0 Å². The van der Waals surface area contributed by atoms with Gasteiger partial charge in [-0.2, -0.15) is 0 Å². The Labute approximate surface area is 89.7 Å². The number of benzene rings is 1. The number of nitrogens with one attached hydrogen (secondary N) is 1. The van der Waals surface area contributed by atoms with E-state index < -0.39 is 6.03 Å². The lowest BCUT2D eigenvalue weighted by Gasteiger charge is -2.03. The van der Waals surface area contributed by atoms with Crippen molar-refractivity contribution in [1.82, 2.24) is 4.72 Å². The van der Waals surface area contributed by atoms with Gasteiger partial charge in [0.2, 0.25) is 0 Å². The van der Waals surface area contributed by atoms with Gasteiger partial charge in [0, 0.05) is 9.92 Å². The number of hydrogen-bond donors (Lipinski definition) is 2. The summed E-state index contributed by atoms with van der Waals surface area (Å²) in [7, 11) is 0. The Bertz CT molecular complexity index is 332. The van der Waals surface area contributed by atoms with Gasteiger partial charge in [0.15, 0.2) is 0 Å². The molecule has 0 atom stereocenters. The van der Waals surface area contributed by atoms with E-state index in [0.717, 1.165) is 11.9 Å². The molecule has 0 saturated carbocycles. The highest BCUT2D eigenvalue weighted by Crippen LogP contribution is 2.27. The van der Waals surface area contributed by atoms with Gasteiger partial charge in [-0.05, 0) is 30.1 Å². The van der Waals surface area contributed by atoms with Crippen LogP contribution in [0, 0.1) is 0 Å². The maximum atomic E-state index is 10.4. The van der Waals surface area contributed by atoms with E-state index >= 15 is 0 Å². The molecule has 1 aromatic carbocycles. The van der Waals surface area contributed by atoms with Crippen molar-refractivity contribution in [2.75, 3.05) is 0 Å². The molecule has 1 rings (SSSR count). The molecule has 13 heavy (non-hydrogen) atoms. The lowest BCUT2D eigenvalue weighted by atomic mass is 10.4. The number of halogens is 2. The van der Waals surface area contributed by atoms with Crippen LogP contribution in [-0.2, 0) is 0 Å². The molecule has 0 spiro atoms. The maximum absolute atomic E-state index is 10.4. The van der Waals surface area contributed by atoms with Crippen LogP contribution in [0.25, 0.3) is 0 Å². The molecule has 0 fully saturated rings. The number of primary amides is 1. The summed E-state index contributed by atoms with van der Waals surface area (Å²) in [4.78, 5) is 11.0. The van der Waals surface area contributed by atoms with Crippen LogP contribution >= 0.6 is 35.1 Å². The van der Waals surface area contributed by atoms with Crippen molar-refractivity contribution in [1.29, 1.82) is 0 Å². The van der Waals surface area contributed by atoms with Crippen LogP contribution in [0.5, 0.6) is 0 Å². The number of carbonyl (C=O) groups excluding carboxylic acids is 1. The first-order valence-electron chi connectivity index (χ1n) is 3.27. The Balaban J connectivity index is 2.75. The van der Waals surface area contributed by atoms with Crippen molar-refractivity contribution in [3.8, 4) is 0 Å². The Hall–Kier alpha value is -0.580. The Morgan fingerprint density at radius 3 is 2.77 bits per heavy atom. The second kappa shape index (κ2) is 4.60. The molecule has 0 aliphatic rings. The van der Waals surface area contributed by atoms with Crippen LogP contribution in [0.4, 0.5) is 4.79 Å². The van der Waals surface area contributed by atoms with Gasteiger partial charge in [0.05, 0.1) is 5.02 Å². The molecule has 0 aliphatic heterocycles. The highest BCUT2D eigenvalue weighted by atomic mass is 35.5. The zero-order chi connectivity index (χ0) is 9.84. The van der Waals surface area contributed by atoms with Gasteiger partial charge in [-0.25, -0.2) is 4.79 Å². The summed E-state index contributed by atoms with van der Waals surface area (Å²) in [5, 5.41) is 1.07. The first kappa shape index (κ1) is 10.5. The van der Waals surface area contributed by atoms with Gasteiger partial charge >= 0.3 is 6.03 Å². The van der Waals surface area contributed by atoms with Gasteiger partial charge in [0.25, 0.3) is 0 Å². The molecule has 0 bridgehead atoms. The summed E-state index contributed by atoms with van der Waals surface area (Å²) in [5.41, 5.74) is 4.88. The van der Waals surface area contributed by atoms with Gasteiger partial charge < -0.3 is 5.73 Å². The van der Waals surface area contributed by atoms with E-state index in [9.17, 15) is 4.79 Å². The first-order chi connectivity index (χ1) is 6.09. The van der Waals surface area contributed by atoms with Crippen molar-refractivity contribution in [3.05, 3.63) is 28.2 Å². The van der Waals surface area contributed by atoms with E-state index in [-0.39, 0.29) is 0 Å². The van der Waals surface area contributed by atoms with Crippen LogP contribution in [0.1, 0.15) is 0 Å². The third-order valence-electron chi connectivity index (χ3n) is 1.15. The SMILES string of the molecule is NC(=O)NSc1cc(Cl)ccc1Cl. The van der Waals surface area contributed by atoms with Crippen LogP contribution in [0.15, 0.2) is 23.1 Å². The lowest BCUT2D eigenvalue weighted by Crippen LogP contribution is -2.22. The smallest absolute Gasteiger partial charge is 0.322 e. The monoisotopic (exact) mass is 236 g/mol. The van der Waals surface area contributed by atoms with Crippen molar-refractivity contribution in [2.45, 2.75) is 4.90 Å². The maximum Gasteiger partial charge on any atom is 0.322 e. The van der Waals surface area contributed by atoms with E-state index in [1.807, 2.05) is 0 Å². The zero-order valence-electron chi connectivity index (χ0n) is 6.38. The van der Waals surface area contributed by atoms with Crippen molar-refractivity contribution < 1.29 is 4.79 Å². The second-order valence-corrected chi connectivity index (χ2v) is 3.83. The Morgan fingerprint density at radius 1 is 1.46 bits per heavy atom. The predicted octanol–water partition coefficient (Wildman–Crippen LogP) is 2.67. The number of hydrogen-bond acceptors (Lipinski definition) is 2. The minimum absolute atomic E-state index is 0.517. The van der Waals surface area contributed by atoms with Crippen LogP contribution in [0.2, 0.25) is 10.0 Å². The highest BCUT2D eigenvalue weighted by Gasteiger charge is 2.02. The average molecular weight is 237 g/mol. The fourth-order valence-corrected chi connectivity index (χ4v) is 1.69. The molecule has 0 aliphatic carbocycles. The van der Waals surface area contributed by atoms with E-state index in [4.69, 9.17) is 28.9 Å². The number of amides is 2. The van der Waals surface area contributed by atoms with E-state index in [2.05, 4.69) is 4.72 Å². The van der Waals surface area contributed by atoms with Crippen LogP contribution in [-0.4, -0.2) is 6.03 Å². The van der Waals surface area contributed by atoms with Crippen molar-refractivity contribution >= 4 is 41.2 Å². The van der Waals surface area contributed by atoms with Gasteiger partial charge in [-0.1, -0.05) is 23.2 Å². The minimum atomic E-state index is -0.624. The molecule has 0 radical (unpaired) electrons. The Morgan fingerprint density at radius 2 is 2.15 bits per heavy atom. The van der Waals surface area contributed by atoms with Crippen LogP contribution < -0.4 is 10.5 Å². The molecule has 0 saturated heterocycles. The number of urea groups is 1. The topological polar surface area (TPSA) is 55.1 Å². The Kier molecular flexibility index (Phi) is 3.71. The van der Waals surface area contributed by atoms with Gasteiger partial charge in [-0.3, -0.25) is 4.72 Å². The molecule has 3 nitrogen and oxygen atoms in total. The molecule has 2 amide bonds. The molecule has 1 aromatic rings. The minimum Gasteiger partial charge on any atom is -0.351 e. The normalized spacial score (nSPS) is 9.69. The molecule has 0 heterocycles. The van der Waals surface area contributed by atoms with E-state index in [1.54, 1.807) is 18.2 Å². The second-order valence-electron chi connectivity index (χ2n) is 2.14. The standard InChI is InChI=1S/C7H6Cl2N2OS/c8-4-1-2-5(9)6(3-4)13-11-7(10)12/h1-3H,(H3,10,11,12). The summed E-state index contributed by atoms with van der Waals surface area (Å²) in [6.45, 7) is 0. The summed E-state index contributed by atoms with van der Waals surface area (Å²) in [5.74, 6) is 0. The molecule has 3 N–H and O–H groups in total. The quantitative estimate of drug-likeness (QED) is 0.777. The third kappa shape index (κ3) is 3.34. The summed E-state index contributed by atoms with van der Waals surface area (Å²) < 4.78 is 2.34. The molecule has 6 heteroatoms. The molecular formula is C7H6Cl2N2OS. The highest BCUT2D eigenvalue weighted by molar-refractivity contribution is 7.98. The zero-order valence-corrected chi connectivity index (χ0v) is 8.71. The third-order valence-corrected chi connectivity index (χ3v) is 2.69. The predicted molar refractivity (Wildman–Crippen MR) is 55.0 cm³/mol. The van der Waals surface area contributed by atoms with Gasteiger partial charge in [-0.15, -0.1) is 0 Å². The summed E-state index contributed by atoms with van der Waals surface area (Å²) >= 11 is 12.6. The fraction of sp³-hybridized carbons (Fsp3) is 0. The number of nitrogens with two attached hydrogens (primary N) is 1.